The minimum atomic E-state index is -0.217. The Morgan fingerprint density at radius 3 is 2.47 bits per heavy atom. The SMILES string of the molecule is CCc1ccc(NC(=O)N/C=C/C(C)C)cc1. The van der Waals surface area contributed by atoms with Crippen molar-refractivity contribution in [1.29, 1.82) is 0 Å². The second-order valence-corrected chi connectivity index (χ2v) is 4.25. The molecule has 3 nitrogen and oxygen atoms in total. The van der Waals surface area contributed by atoms with Crippen molar-refractivity contribution in [2.75, 3.05) is 5.32 Å². The molecule has 0 aromatic heterocycles. The van der Waals surface area contributed by atoms with Gasteiger partial charge >= 0.3 is 6.03 Å². The maximum Gasteiger partial charge on any atom is 0.323 e. The number of urea groups is 1. The second kappa shape index (κ2) is 6.74. The van der Waals surface area contributed by atoms with E-state index in [0.29, 0.717) is 5.92 Å². The van der Waals surface area contributed by atoms with Gasteiger partial charge in [0.05, 0.1) is 0 Å². The van der Waals surface area contributed by atoms with E-state index in [9.17, 15) is 4.79 Å². The number of nitrogens with one attached hydrogen (secondary N) is 2. The number of hydrogen-bond donors (Lipinski definition) is 2. The van der Waals surface area contributed by atoms with E-state index in [1.54, 1.807) is 6.20 Å². The van der Waals surface area contributed by atoms with Crippen LogP contribution >= 0.6 is 0 Å². The first-order valence-corrected chi connectivity index (χ1v) is 5.95. The number of amides is 2. The maximum absolute atomic E-state index is 11.5. The van der Waals surface area contributed by atoms with Gasteiger partial charge in [0, 0.05) is 11.9 Å². The van der Waals surface area contributed by atoms with E-state index >= 15 is 0 Å². The van der Waals surface area contributed by atoms with Crippen molar-refractivity contribution >= 4 is 11.7 Å². The van der Waals surface area contributed by atoms with Crippen LogP contribution in [0.25, 0.3) is 0 Å². The van der Waals surface area contributed by atoms with Crippen LogP contribution in [-0.2, 0) is 6.42 Å². The minimum Gasteiger partial charge on any atom is -0.315 e. The van der Waals surface area contributed by atoms with Crippen molar-refractivity contribution in [3.05, 3.63) is 42.1 Å². The van der Waals surface area contributed by atoms with Crippen molar-refractivity contribution in [2.45, 2.75) is 27.2 Å². The molecule has 0 saturated heterocycles. The van der Waals surface area contributed by atoms with Gasteiger partial charge in [0.2, 0.25) is 0 Å². The van der Waals surface area contributed by atoms with Gasteiger partial charge in [0.15, 0.2) is 0 Å². The van der Waals surface area contributed by atoms with Crippen molar-refractivity contribution in [2.24, 2.45) is 5.92 Å². The van der Waals surface area contributed by atoms with Crippen LogP contribution in [0.2, 0.25) is 0 Å². The molecule has 17 heavy (non-hydrogen) atoms. The van der Waals surface area contributed by atoms with E-state index in [2.05, 4.69) is 31.4 Å². The van der Waals surface area contributed by atoms with Crippen LogP contribution in [0.4, 0.5) is 10.5 Å². The summed E-state index contributed by atoms with van der Waals surface area (Å²) in [5, 5.41) is 5.43. The molecule has 0 aliphatic rings. The van der Waals surface area contributed by atoms with Gasteiger partial charge in [0.1, 0.15) is 0 Å². The smallest absolute Gasteiger partial charge is 0.315 e. The van der Waals surface area contributed by atoms with Gasteiger partial charge in [-0.25, -0.2) is 4.79 Å². The van der Waals surface area contributed by atoms with Gasteiger partial charge in [-0.2, -0.15) is 0 Å². The highest BCUT2D eigenvalue weighted by Crippen LogP contribution is 2.09. The van der Waals surface area contributed by atoms with E-state index in [1.807, 2.05) is 30.3 Å². The summed E-state index contributed by atoms with van der Waals surface area (Å²) in [5.74, 6) is 0.430. The number of hydrogen-bond acceptors (Lipinski definition) is 1. The minimum absolute atomic E-state index is 0.217. The maximum atomic E-state index is 11.5. The number of allylic oxidation sites excluding steroid dienone is 1. The molecule has 0 radical (unpaired) electrons. The largest absolute Gasteiger partial charge is 0.323 e. The zero-order chi connectivity index (χ0) is 12.7. The molecule has 92 valence electrons. The molecule has 2 amide bonds. The fourth-order valence-corrected chi connectivity index (χ4v) is 1.31. The van der Waals surface area contributed by atoms with E-state index in [1.165, 1.54) is 5.56 Å². The Labute approximate surface area is 103 Å². The Morgan fingerprint density at radius 2 is 1.94 bits per heavy atom. The third-order valence-electron chi connectivity index (χ3n) is 2.32. The zero-order valence-electron chi connectivity index (χ0n) is 10.7. The van der Waals surface area contributed by atoms with E-state index in [4.69, 9.17) is 0 Å². The van der Waals surface area contributed by atoms with Gasteiger partial charge in [0.25, 0.3) is 0 Å². The van der Waals surface area contributed by atoms with Gasteiger partial charge in [-0.15, -0.1) is 0 Å². The standard InChI is InChI=1S/C14H20N2O/c1-4-12-5-7-13(8-6-12)16-14(17)15-10-9-11(2)3/h5-11H,4H2,1-3H3,(H2,15,16,17)/b10-9+. The number of aryl methyl sites for hydroxylation is 1. The summed E-state index contributed by atoms with van der Waals surface area (Å²) in [5.41, 5.74) is 2.06. The molecule has 2 N–H and O–H groups in total. The summed E-state index contributed by atoms with van der Waals surface area (Å²) < 4.78 is 0. The van der Waals surface area contributed by atoms with Crippen LogP contribution < -0.4 is 10.6 Å². The van der Waals surface area contributed by atoms with Gasteiger partial charge in [-0.3, -0.25) is 0 Å². The molecule has 0 fully saturated rings. The Balaban J connectivity index is 2.45. The zero-order valence-corrected chi connectivity index (χ0v) is 10.7. The molecule has 1 aromatic rings. The molecule has 1 aromatic carbocycles. The number of rotatable bonds is 4. The third-order valence-corrected chi connectivity index (χ3v) is 2.32. The quantitative estimate of drug-likeness (QED) is 0.819. The Morgan fingerprint density at radius 1 is 1.29 bits per heavy atom. The van der Waals surface area contributed by atoms with E-state index in [0.717, 1.165) is 12.1 Å². The normalized spacial score (nSPS) is 10.8. The number of benzene rings is 1. The van der Waals surface area contributed by atoms with E-state index in [-0.39, 0.29) is 6.03 Å². The average Bonchev–Trinajstić information content (AvgIpc) is 2.29. The molecule has 0 heterocycles. The molecule has 0 aliphatic carbocycles. The first-order valence-electron chi connectivity index (χ1n) is 5.95. The molecule has 0 bridgehead atoms. The first kappa shape index (κ1) is 13.3. The number of anilines is 1. The van der Waals surface area contributed by atoms with Crippen LogP contribution in [0.3, 0.4) is 0 Å². The second-order valence-electron chi connectivity index (χ2n) is 4.25. The Kier molecular flexibility index (Phi) is 5.27. The highest BCUT2D eigenvalue weighted by molar-refractivity contribution is 5.89. The Bertz CT molecular complexity index is 380. The molecule has 3 heteroatoms. The predicted octanol–water partition coefficient (Wildman–Crippen LogP) is 3.54. The molecule has 0 atom stereocenters. The lowest BCUT2D eigenvalue weighted by Gasteiger charge is -2.05. The fourth-order valence-electron chi connectivity index (χ4n) is 1.31. The average molecular weight is 232 g/mol. The molecular formula is C14H20N2O. The topological polar surface area (TPSA) is 41.1 Å². The molecule has 0 unspecified atom stereocenters. The predicted molar refractivity (Wildman–Crippen MR) is 72.0 cm³/mol. The molecule has 0 aliphatic heterocycles. The van der Waals surface area contributed by atoms with Crippen LogP contribution in [-0.4, -0.2) is 6.03 Å². The van der Waals surface area contributed by atoms with E-state index < -0.39 is 0 Å². The van der Waals surface area contributed by atoms with Crippen LogP contribution in [0.15, 0.2) is 36.5 Å². The first-order chi connectivity index (χ1) is 8.11. The molecular weight excluding hydrogens is 212 g/mol. The summed E-state index contributed by atoms with van der Waals surface area (Å²) in [6.45, 7) is 6.21. The summed E-state index contributed by atoms with van der Waals surface area (Å²) >= 11 is 0. The highest BCUT2D eigenvalue weighted by atomic mass is 16.2. The summed E-state index contributed by atoms with van der Waals surface area (Å²) in [6.07, 6.45) is 4.60. The molecule has 0 saturated carbocycles. The molecule has 0 spiro atoms. The summed E-state index contributed by atoms with van der Waals surface area (Å²) in [6, 6.07) is 7.63. The fraction of sp³-hybridized carbons (Fsp3) is 0.357. The lowest BCUT2D eigenvalue weighted by atomic mass is 10.1. The number of carbonyl (C=O) groups is 1. The summed E-state index contributed by atoms with van der Waals surface area (Å²) in [7, 11) is 0. The highest BCUT2D eigenvalue weighted by Gasteiger charge is 1.98. The van der Waals surface area contributed by atoms with Crippen LogP contribution in [0, 0.1) is 5.92 Å². The van der Waals surface area contributed by atoms with Crippen molar-refractivity contribution < 1.29 is 4.79 Å². The Hall–Kier alpha value is -1.77. The third kappa shape index (κ3) is 5.20. The van der Waals surface area contributed by atoms with Crippen molar-refractivity contribution in [3.8, 4) is 0 Å². The van der Waals surface area contributed by atoms with Gasteiger partial charge < -0.3 is 10.6 Å². The number of carbonyl (C=O) groups excluding carboxylic acids is 1. The molecule has 1 rings (SSSR count). The van der Waals surface area contributed by atoms with Gasteiger partial charge in [-0.05, 0) is 30.0 Å². The van der Waals surface area contributed by atoms with Crippen molar-refractivity contribution in [1.82, 2.24) is 5.32 Å². The van der Waals surface area contributed by atoms with Crippen molar-refractivity contribution in [3.63, 3.8) is 0 Å². The summed E-state index contributed by atoms with van der Waals surface area (Å²) in [4.78, 5) is 11.5. The monoisotopic (exact) mass is 232 g/mol. The van der Waals surface area contributed by atoms with Crippen LogP contribution in [0.5, 0.6) is 0 Å². The lowest BCUT2D eigenvalue weighted by Crippen LogP contribution is -2.23. The van der Waals surface area contributed by atoms with Gasteiger partial charge in [-0.1, -0.05) is 39.0 Å². The lowest BCUT2D eigenvalue weighted by molar-refractivity contribution is 0.255. The van der Waals surface area contributed by atoms with Crippen LogP contribution in [0.1, 0.15) is 26.3 Å².